The van der Waals surface area contributed by atoms with Crippen molar-refractivity contribution in [2.24, 2.45) is 12.0 Å². The minimum Gasteiger partial charge on any atom is -0.489 e. The topological polar surface area (TPSA) is 76.4 Å². The van der Waals surface area contributed by atoms with Gasteiger partial charge in [-0.3, -0.25) is 0 Å². The predicted molar refractivity (Wildman–Crippen MR) is 119 cm³/mol. The Kier molecular flexibility index (Phi) is 7.43. The average Bonchev–Trinajstić information content (AvgIpc) is 3.07. The zero-order valence-electron chi connectivity index (χ0n) is 18.1. The summed E-state index contributed by atoms with van der Waals surface area (Å²) in [5.41, 5.74) is 2.27. The lowest BCUT2D eigenvalue weighted by atomic mass is 10.2. The molecule has 0 aliphatic rings. The van der Waals surface area contributed by atoms with Crippen LogP contribution in [-0.2, 0) is 20.1 Å². The molecule has 30 heavy (non-hydrogen) atoms. The molecule has 0 saturated heterocycles. The van der Waals surface area contributed by atoms with Crippen LogP contribution in [0.1, 0.15) is 29.7 Å². The van der Waals surface area contributed by atoms with E-state index in [1.807, 2.05) is 74.9 Å². The maximum Gasteiger partial charge on any atom is 0.192 e. The van der Waals surface area contributed by atoms with Crippen molar-refractivity contribution in [1.29, 1.82) is 0 Å². The molecule has 7 heteroatoms. The standard InChI is InChI=1S/C23H30N6O/c1-17-10-8-9-13-21(17)30-18(2)14-24-23(25-15-20-11-6-5-7-12-20)26-16-22-28-27-19(3)29(22)4/h5-13,18H,14-16H2,1-4H3,(H2,24,25,26). The van der Waals surface area contributed by atoms with Crippen molar-refractivity contribution in [3.05, 3.63) is 77.4 Å². The molecule has 0 spiro atoms. The van der Waals surface area contributed by atoms with Crippen LogP contribution in [0.3, 0.4) is 0 Å². The van der Waals surface area contributed by atoms with Crippen LogP contribution in [0.5, 0.6) is 5.75 Å². The number of hydrogen-bond donors (Lipinski definition) is 2. The number of benzene rings is 2. The molecule has 1 atom stereocenters. The highest BCUT2D eigenvalue weighted by Gasteiger charge is 2.10. The molecule has 3 rings (SSSR count). The molecule has 0 fully saturated rings. The summed E-state index contributed by atoms with van der Waals surface area (Å²) in [7, 11) is 1.96. The number of hydrogen-bond acceptors (Lipinski definition) is 4. The molecular formula is C23H30N6O. The van der Waals surface area contributed by atoms with Crippen LogP contribution >= 0.6 is 0 Å². The van der Waals surface area contributed by atoms with Gasteiger partial charge in [0.15, 0.2) is 11.8 Å². The molecule has 0 aliphatic heterocycles. The van der Waals surface area contributed by atoms with Crippen LogP contribution < -0.4 is 15.4 Å². The van der Waals surface area contributed by atoms with Crippen molar-refractivity contribution in [3.8, 4) is 5.75 Å². The second-order valence-electron chi connectivity index (χ2n) is 7.30. The molecule has 7 nitrogen and oxygen atoms in total. The summed E-state index contributed by atoms with van der Waals surface area (Å²) in [6, 6.07) is 18.2. The number of aromatic nitrogens is 3. The Morgan fingerprint density at radius 2 is 1.77 bits per heavy atom. The van der Waals surface area contributed by atoms with Gasteiger partial charge in [0.2, 0.25) is 0 Å². The number of nitrogens with zero attached hydrogens (tertiary/aromatic N) is 4. The smallest absolute Gasteiger partial charge is 0.192 e. The monoisotopic (exact) mass is 406 g/mol. The summed E-state index contributed by atoms with van der Waals surface area (Å²) < 4.78 is 8.04. The fourth-order valence-electron chi connectivity index (χ4n) is 2.88. The van der Waals surface area contributed by atoms with Crippen LogP contribution in [0.2, 0.25) is 0 Å². The number of guanidine groups is 1. The number of ether oxygens (including phenoxy) is 1. The summed E-state index contributed by atoms with van der Waals surface area (Å²) in [4.78, 5) is 4.72. The number of aliphatic imine (C=N–C) groups is 1. The molecule has 3 aromatic rings. The third kappa shape index (κ3) is 6.07. The van der Waals surface area contributed by atoms with E-state index < -0.39 is 0 Å². The van der Waals surface area contributed by atoms with Crippen molar-refractivity contribution >= 4 is 5.96 Å². The lowest BCUT2D eigenvalue weighted by Crippen LogP contribution is -2.42. The van der Waals surface area contributed by atoms with Crippen LogP contribution in [0.25, 0.3) is 0 Å². The first-order chi connectivity index (χ1) is 14.5. The van der Waals surface area contributed by atoms with Gasteiger partial charge in [0.1, 0.15) is 17.7 Å². The summed E-state index contributed by atoms with van der Waals surface area (Å²) in [5.74, 6) is 3.34. The maximum absolute atomic E-state index is 6.07. The summed E-state index contributed by atoms with van der Waals surface area (Å²) in [5, 5.41) is 15.1. The lowest BCUT2D eigenvalue weighted by molar-refractivity contribution is 0.222. The van der Waals surface area contributed by atoms with E-state index in [1.54, 1.807) is 0 Å². The second-order valence-corrected chi connectivity index (χ2v) is 7.30. The Balaban J connectivity index is 1.62. The first-order valence-corrected chi connectivity index (χ1v) is 10.2. The molecule has 0 bridgehead atoms. The van der Waals surface area contributed by atoms with Gasteiger partial charge in [0.05, 0.1) is 19.6 Å². The largest absolute Gasteiger partial charge is 0.489 e. The summed E-state index contributed by atoms with van der Waals surface area (Å²) in [6.07, 6.45) is -0.0214. The number of nitrogens with one attached hydrogen (secondary N) is 2. The van der Waals surface area contributed by atoms with Crippen LogP contribution in [0, 0.1) is 13.8 Å². The first-order valence-electron chi connectivity index (χ1n) is 10.2. The van der Waals surface area contributed by atoms with Gasteiger partial charge in [-0.15, -0.1) is 10.2 Å². The van der Waals surface area contributed by atoms with E-state index in [0.717, 1.165) is 28.5 Å². The van der Waals surface area contributed by atoms with Gasteiger partial charge in [-0.05, 0) is 38.0 Å². The van der Waals surface area contributed by atoms with Crippen molar-refractivity contribution in [3.63, 3.8) is 0 Å². The Hall–Kier alpha value is -3.35. The van der Waals surface area contributed by atoms with Crippen molar-refractivity contribution < 1.29 is 4.74 Å². The van der Waals surface area contributed by atoms with E-state index in [0.29, 0.717) is 25.6 Å². The predicted octanol–water partition coefficient (Wildman–Crippen LogP) is 3.13. The lowest BCUT2D eigenvalue weighted by Gasteiger charge is -2.19. The van der Waals surface area contributed by atoms with Crippen molar-refractivity contribution in [1.82, 2.24) is 25.4 Å². The highest BCUT2D eigenvalue weighted by Crippen LogP contribution is 2.17. The molecule has 2 N–H and O–H groups in total. The second kappa shape index (κ2) is 10.4. The molecule has 0 amide bonds. The molecule has 0 saturated carbocycles. The maximum atomic E-state index is 6.07. The Bertz CT molecular complexity index is 967. The van der Waals surface area contributed by atoms with E-state index in [4.69, 9.17) is 9.73 Å². The van der Waals surface area contributed by atoms with E-state index in [9.17, 15) is 0 Å². The summed E-state index contributed by atoms with van der Waals surface area (Å²) >= 11 is 0. The normalized spacial score (nSPS) is 12.5. The fourth-order valence-corrected chi connectivity index (χ4v) is 2.88. The van der Waals surface area contributed by atoms with E-state index in [2.05, 4.69) is 33.0 Å². The highest BCUT2D eigenvalue weighted by molar-refractivity contribution is 5.79. The van der Waals surface area contributed by atoms with Gasteiger partial charge >= 0.3 is 0 Å². The zero-order chi connectivity index (χ0) is 21.3. The van der Waals surface area contributed by atoms with Gasteiger partial charge in [-0.1, -0.05) is 48.5 Å². The molecule has 0 radical (unpaired) electrons. The van der Waals surface area contributed by atoms with Crippen LogP contribution in [0.4, 0.5) is 0 Å². The van der Waals surface area contributed by atoms with Gasteiger partial charge in [0.25, 0.3) is 0 Å². The molecule has 2 aromatic carbocycles. The van der Waals surface area contributed by atoms with Crippen molar-refractivity contribution in [2.45, 2.75) is 40.0 Å². The van der Waals surface area contributed by atoms with Gasteiger partial charge in [-0.2, -0.15) is 0 Å². The minimum atomic E-state index is -0.0214. The average molecular weight is 407 g/mol. The number of aryl methyl sites for hydroxylation is 2. The van der Waals surface area contributed by atoms with E-state index in [1.165, 1.54) is 0 Å². The third-order valence-corrected chi connectivity index (χ3v) is 4.84. The minimum absolute atomic E-state index is 0.0214. The Morgan fingerprint density at radius 3 is 2.47 bits per heavy atom. The Morgan fingerprint density at radius 1 is 1.03 bits per heavy atom. The summed E-state index contributed by atoms with van der Waals surface area (Å²) in [6.45, 7) is 7.76. The molecule has 1 unspecified atom stereocenters. The first kappa shape index (κ1) is 21.4. The molecular weight excluding hydrogens is 376 g/mol. The fraction of sp³-hybridized carbons (Fsp3) is 0.348. The van der Waals surface area contributed by atoms with Gasteiger partial charge < -0.3 is 19.9 Å². The third-order valence-electron chi connectivity index (χ3n) is 4.84. The molecule has 1 aromatic heterocycles. The molecule has 1 heterocycles. The van der Waals surface area contributed by atoms with Crippen LogP contribution in [-0.4, -0.2) is 33.4 Å². The van der Waals surface area contributed by atoms with E-state index in [-0.39, 0.29) is 6.10 Å². The van der Waals surface area contributed by atoms with Crippen molar-refractivity contribution in [2.75, 3.05) is 6.54 Å². The van der Waals surface area contributed by atoms with Gasteiger partial charge in [-0.25, -0.2) is 4.99 Å². The van der Waals surface area contributed by atoms with E-state index >= 15 is 0 Å². The quantitative estimate of drug-likeness (QED) is 0.444. The zero-order valence-corrected chi connectivity index (χ0v) is 18.1. The number of rotatable bonds is 8. The molecule has 158 valence electrons. The Labute approximate surface area is 178 Å². The van der Waals surface area contributed by atoms with Gasteiger partial charge in [0, 0.05) is 7.05 Å². The SMILES string of the molecule is Cc1ccccc1OC(C)CNC(=NCc1ccccc1)NCc1nnc(C)n1C. The molecule has 0 aliphatic carbocycles. The number of para-hydroxylation sites is 1. The van der Waals surface area contributed by atoms with Crippen LogP contribution in [0.15, 0.2) is 59.6 Å². The highest BCUT2D eigenvalue weighted by atomic mass is 16.5.